The highest BCUT2D eigenvalue weighted by Crippen LogP contribution is 2.26. The lowest BCUT2D eigenvalue weighted by atomic mass is 10.1. The largest absolute Gasteiger partial charge is 0.444 e. The second kappa shape index (κ2) is 8.58. The van der Waals surface area contributed by atoms with E-state index in [4.69, 9.17) is 9.15 Å². The minimum atomic E-state index is -0.560. The van der Waals surface area contributed by atoms with Gasteiger partial charge in [0.1, 0.15) is 11.6 Å². The Kier molecular flexibility index (Phi) is 6.69. The first-order valence-corrected chi connectivity index (χ1v) is 9.64. The number of thioether (sulfide) groups is 1. The van der Waals surface area contributed by atoms with Crippen molar-refractivity contribution >= 4 is 17.9 Å². The van der Waals surface area contributed by atoms with E-state index in [2.05, 4.69) is 46.7 Å². The van der Waals surface area contributed by atoms with E-state index in [9.17, 15) is 4.79 Å². The SMILES string of the molecule is Cc1ccc(CSc2nnc(C(NC(=O)OC(C)(C)C)C(C)C)o2)cc1. The van der Waals surface area contributed by atoms with Crippen molar-refractivity contribution in [3.8, 4) is 0 Å². The van der Waals surface area contributed by atoms with Crippen LogP contribution in [0.4, 0.5) is 4.79 Å². The molecule has 0 aliphatic rings. The van der Waals surface area contributed by atoms with E-state index in [1.165, 1.54) is 22.9 Å². The average Bonchev–Trinajstić information content (AvgIpc) is 2.98. The summed E-state index contributed by atoms with van der Waals surface area (Å²) in [5, 5.41) is 11.5. The molecular weight excluding hydrogens is 350 g/mol. The zero-order valence-corrected chi connectivity index (χ0v) is 17.0. The first kappa shape index (κ1) is 20.3. The molecule has 142 valence electrons. The monoisotopic (exact) mass is 377 g/mol. The maximum absolute atomic E-state index is 12.1. The zero-order valence-electron chi connectivity index (χ0n) is 16.2. The number of hydrogen-bond acceptors (Lipinski definition) is 6. The molecule has 6 nitrogen and oxygen atoms in total. The molecule has 0 saturated heterocycles. The molecule has 1 N–H and O–H groups in total. The third kappa shape index (κ3) is 6.37. The van der Waals surface area contributed by atoms with Crippen LogP contribution >= 0.6 is 11.8 Å². The van der Waals surface area contributed by atoms with Crippen molar-refractivity contribution in [3.05, 3.63) is 41.3 Å². The molecule has 0 aliphatic carbocycles. The summed E-state index contributed by atoms with van der Waals surface area (Å²) in [6.45, 7) is 11.5. The molecule has 0 aliphatic heterocycles. The normalized spacial score (nSPS) is 12.9. The summed E-state index contributed by atoms with van der Waals surface area (Å²) in [4.78, 5) is 12.1. The van der Waals surface area contributed by atoms with Crippen molar-refractivity contribution in [1.29, 1.82) is 0 Å². The van der Waals surface area contributed by atoms with Gasteiger partial charge in [0.15, 0.2) is 0 Å². The number of carbonyl (C=O) groups is 1. The Morgan fingerprint density at radius 3 is 2.46 bits per heavy atom. The van der Waals surface area contributed by atoms with Crippen molar-refractivity contribution in [2.75, 3.05) is 0 Å². The highest BCUT2D eigenvalue weighted by atomic mass is 32.2. The van der Waals surface area contributed by atoms with Crippen LogP contribution in [0.2, 0.25) is 0 Å². The van der Waals surface area contributed by atoms with Gasteiger partial charge in [0.05, 0.1) is 0 Å². The number of alkyl carbamates (subject to hydrolysis) is 1. The van der Waals surface area contributed by atoms with Gasteiger partial charge in [-0.1, -0.05) is 55.4 Å². The highest BCUT2D eigenvalue weighted by Gasteiger charge is 2.27. The number of hydrogen-bond donors (Lipinski definition) is 1. The Hall–Kier alpha value is -2.02. The summed E-state index contributed by atoms with van der Waals surface area (Å²) < 4.78 is 11.1. The number of rotatable bonds is 6. The predicted octanol–water partition coefficient (Wildman–Crippen LogP) is 4.89. The topological polar surface area (TPSA) is 77.2 Å². The summed E-state index contributed by atoms with van der Waals surface area (Å²) >= 11 is 1.47. The maximum Gasteiger partial charge on any atom is 0.408 e. The van der Waals surface area contributed by atoms with Crippen LogP contribution in [0.25, 0.3) is 0 Å². The fourth-order valence-electron chi connectivity index (χ4n) is 2.18. The molecule has 7 heteroatoms. The molecule has 0 spiro atoms. The van der Waals surface area contributed by atoms with Gasteiger partial charge in [-0.25, -0.2) is 4.79 Å². The molecule has 0 fully saturated rings. The molecule has 1 aromatic heterocycles. The van der Waals surface area contributed by atoms with Crippen molar-refractivity contribution in [1.82, 2.24) is 15.5 Å². The number of ether oxygens (including phenoxy) is 1. The van der Waals surface area contributed by atoms with E-state index in [1.807, 2.05) is 34.6 Å². The lowest BCUT2D eigenvalue weighted by Crippen LogP contribution is -2.37. The van der Waals surface area contributed by atoms with Crippen LogP contribution in [0.1, 0.15) is 57.7 Å². The third-order valence-electron chi connectivity index (χ3n) is 3.51. The molecule has 1 heterocycles. The van der Waals surface area contributed by atoms with E-state index in [0.717, 1.165) is 5.75 Å². The summed E-state index contributed by atoms with van der Waals surface area (Å²) in [7, 11) is 0. The quantitative estimate of drug-likeness (QED) is 0.722. The van der Waals surface area contributed by atoms with Crippen molar-refractivity contribution < 1.29 is 13.9 Å². The van der Waals surface area contributed by atoms with E-state index < -0.39 is 17.7 Å². The van der Waals surface area contributed by atoms with Crippen LogP contribution in [0.5, 0.6) is 0 Å². The lowest BCUT2D eigenvalue weighted by molar-refractivity contribution is 0.0477. The van der Waals surface area contributed by atoms with Gasteiger partial charge in [-0.15, -0.1) is 10.2 Å². The Morgan fingerprint density at radius 1 is 1.23 bits per heavy atom. The first-order valence-electron chi connectivity index (χ1n) is 8.65. The summed E-state index contributed by atoms with van der Waals surface area (Å²) in [6, 6.07) is 7.93. The number of nitrogens with one attached hydrogen (secondary N) is 1. The van der Waals surface area contributed by atoms with Gasteiger partial charge in [0, 0.05) is 5.75 Å². The average molecular weight is 378 g/mol. The second-order valence-electron chi connectivity index (χ2n) is 7.55. The van der Waals surface area contributed by atoms with Gasteiger partial charge in [0.25, 0.3) is 5.22 Å². The number of benzene rings is 1. The smallest absolute Gasteiger partial charge is 0.408 e. The van der Waals surface area contributed by atoms with Crippen LogP contribution in [0.3, 0.4) is 0 Å². The summed E-state index contributed by atoms with van der Waals surface area (Å²) in [6.07, 6.45) is -0.497. The fraction of sp³-hybridized carbons (Fsp3) is 0.526. The summed E-state index contributed by atoms with van der Waals surface area (Å²) in [5.41, 5.74) is 1.86. The Bertz CT molecular complexity index is 720. The van der Waals surface area contributed by atoms with Crippen LogP contribution < -0.4 is 5.32 Å². The lowest BCUT2D eigenvalue weighted by Gasteiger charge is -2.23. The minimum Gasteiger partial charge on any atom is -0.444 e. The van der Waals surface area contributed by atoms with Crippen molar-refractivity contribution in [3.63, 3.8) is 0 Å². The number of carbonyl (C=O) groups excluding carboxylic acids is 1. The van der Waals surface area contributed by atoms with Gasteiger partial charge in [-0.05, 0) is 39.2 Å². The first-order chi connectivity index (χ1) is 12.1. The molecule has 0 bridgehead atoms. The Balaban J connectivity index is 1.99. The molecular formula is C19H27N3O3S. The van der Waals surface area contributed by atoms with Gasteiger partial charge >= 0.3 is 6.09 Å². The molecule has 26 heavy (non-hydrogen) atoms. The Morgan fingerprint density at radius 2 is 1.88 bits per heavy atom. The zero-order chi connectivity index (χ0) is 19.3. The molecule has 1 unspecified atom stereocenters. The maximum atomic E-state index is 12.1. The predicted molar refractivity (Wildman–Crippen MR) is 102 cm³/mol. The van der Waals surface area contributed by atoms with Gasteiger partial charge < -0.3 is 14.5 Å². The van der Waals surface area contributed by atoms with Gasteiger partial charge in [0.2, 0.25) is 5.89 Å². The Labute approximate surface area is 159 Å². The van der Waals surface area contributed by atoms with E-state index >= 15 is 0 Å². The van der Waals surface area contributed by atoms with Gasteiger partial charge in [-0.2, -0.15) is 0 Å². The highest BCUT2D eigenvalue weighted by molar-refractivity contribution is 7.98. The number of aryl methyl sites for hydroxylation is 1. The minimum absolute atomic E-state index is 0.0814. The van der Waals surface area contributed by atoms with E-state index in [1.54, 1.807) is 0 Å². The molecule has 0 saturated carbocycles. The van der Waals surface area contributed by atoms with Crippen LogP contribution in [-0.2, 0) is 10.5 Å². The van der Waals surface area contributed by atoms with E-state index in [-0.39, 0.29) is 5.92 Å². The third-order valence-corrected chi connectivity index (χ3v) is 4.40. The molecule has 2 rings (SSSR count). The standard InChI is InChI=1S/C19H27N3O3S/c1-12(2)15(20-17(23)25-19(4,5)6)16-21-22-18(24-16)26-11-14-9-7-13(3)8-10-14/h7-10,12,15H,11H2,1-6H3,(H,20,23). The summed E-state index contributed by atoms with van der Waals surface area (Å²) in [5.74, 6) is 1.21. The number of nitrogens with zero attached hydrogens (tertiary/aromatic N) is 2. The van der Waals surface area contributed by atoms with E-state index in [0.29, 0.717) is 11.1 Å². The number of aromatic nitrogens is 2. The fourth-order valence-corrected chi connectivity index (χ4v) is 2.91. The number of amides is 1. The van der Waals surface area contributed by atoms with Crippen LogP contribution in [-0.4, -0.2) is 21.9 Å². The van der Waals surface area contributed by atoms with Gasteiger partial charge in [-0.3, -0.25) is 0 Å². The molecule has 0 radical (unpaired) electrons. The molecule has 2 aromatic rings. The van der Waals surface area contributed by atoms with Crippen LogP contribution in [0, 0.1) is 12.8 Å². The van der Waals surface area contributed by atoms with Crippen molar-refractivity contribution in [2.45, 2.75) is 64.2 Å². The molecule has 1 atom stereocenters. The van der Waals surface area contributed by atoms with Crippen molar-refractivity contribution in [2.24, 2.45) is 5.92 Å². The molecule has 1 amide bonds. The second-order valence-corrected chi connectivity index (χ2v) is 8.47. The van der Waals surface area contributed by atoms with Crippen LogP contribution in [0.15, 0.2) is 33.9 Å². The molecule has 1 aromatic carbocycles.